The summed E-state index contributed by atoms with van der Waals surface area (Å²) in [7, 11) is 3.65. The van der Waals surface area contributed by atoms with E-state index in [1.54, 1.807) is 7.11 Å². The van der Waals surface area contributed by atoms with Crippen molar-refractivity contribution in [1.82, 2.24) is 5.32 Å². The molecule has 0 heterocycles. The van der Waals surface area contributed by atoms with E-state index < -0.39 is 0 Å². The van der Waals surface area contributed by atoms with Crippen molar-refractivity contribution in [2.45, 2.75) is 26.4 Å². The van der Waals surface area contributed by atoms with Gasteiger partial charge in [0.05, 0.1) is 17.3 Å². The first-order chi connectivity index (χ1) is 8.60. The minimum Gasteiger partial charge on any atom is -0.383 e. The van der Waals surface area contributed by atoms with Crippen LogP contribution in [0.2, 0.25) is 5.02 Å². The van der Waals surface area contributed by atoms with E-state index >= 15 is 0 Å². The lowest BCUT2D eigenvalue weighted by Crippen LogP contribution is -2.34. The zero-order valence-corrected chi connectivity index (χ0v) is 12.4. The Labute approximate surface area is 115 Å². The summed E-state index contributed by atoms with van der Waals surface area (Å²) >= 11 is 6.37. The topological polar surface area (TPSA) is 24.5 Å². The molecule has 0 aliphatic heterocycles. The highest BCUT2D eigenvalue weighted by molar-refractivity contribution is 6.33. The van der Waals surface area contributed by atoms with Crippen molar-refractivity contribution >= 4 is 17.3 Å². The minimum absolute atomic E-state index is 0.396. The van der Waals surface area contributed by atoms with Crippen LogP contribution in [0.1, 0.15) is 19.4 Å². The van der Waals surface area contributed by atoms with Crippen molar-refractivity contribution < 1.29 is 4.74 Å². The van der Waals surface area contributed by atoms with E-state index in [-0.39, 0.29) is 0 Å². The summed E-state index contributed by atoms with van der Waals surface area (Å²) in [6, 6.07) is 6.62. The predicted octanol–water partition coefficient (Wildman–Crippen LogP) is 2.92. The lowest BCUT2D eigenvalue weighted by molar-refractivity contribution is 0.204. The lowest BCUT2D eigenvalue weighted by Gasteiger charge is -2.29. The summed E-state index contributed by atoms with van der Waals surface area (Å²) in [5.41, 5.74) is 2.27. The van der Waals surface area contributed by atoms with Crippen LogP contribution in [0.3, 0.4) is 0 Å². The van der Waals surface area contributed by atoms with Gasteiger partial charge in [-0.15, -0.1) is 0 Å². The molecule has 0 amide bonds. The van der Waals surface area contributed by atoms with E-state index in [0.717, 1.165) is 23.8 Å². The third-order valence-corrected chi connectivity index (χ3v) is 3.16. The molecule has 18 heavy (non-hydrogen) atoms. The van der Waals surface area contributed by atoms with Gasteiger partial charge in [0, 0.05) is 26.2 Å². The van der Waals surface area contributed by atoms with Crippen molar-refractivity contribution in [3.8, 4) is 0 Å². The molecule has 0 atom stereocenters. The fourth-order valence-electron chi connectivity index (χ4n) is 1.94. The molecule has 1 rings (SSSR count). The monoisotopic (exact) mass is 270 g/mol. The Balaban J connectivity index is 2.90. The van der Waals surface area contributed by atoms with E-state index in [1.165, 1.54) is 5.56 Å². The van der Waals surface area contributed by atoms with Crippen molar-refractivity contribution in [3.63, 3.8) is 0 Å². The third-order valence-electron chi connectivity index (χ3n) is 2.86. The van der Waals surface area contributed by atoms with E-state index in [1.807, 2.05) is 13.1 Å². The average Bonchev–Trinajstić information content (AvgIpc) is 2.32. The number of ether oxygens (including phenoxy) is 1. The van der Waals surface area contributed by atoms with Crippen LogP contribution in [-0.4, -0.2) is 33.4 Å². The Hall–Kier alpha value is -0.770. The summed E-state index contributed by atoms with van der Waals surface area (Å²) in [5.74, 6) is 0. The van der Waals surface area contributed by atoms with Gasteiger partial charge in [-0.3, -0.25) is 0 Å². The van der Waals surface area contributed by atoms with E-state index in [2.05, 4.69) is 36.2 Å². The fourth-order valence-corrected chi connectivity index (χ4v) is 2.26. The molecule has 4 heteroatoms. The van der Waals surface area contributed by atoms with Crippen LogP contribution in [0, 0.1) is 0 Å². The molecule has 0 saturated carbocycles. The number of hydrogen-bond acceptors (Lipinski definition) is 3. The number of benzene rings is 1. The number of nitrogens with zero attached hydrogens (tertiary/aromatic N) is 1. The molecule has 0 aliphatic rings. The normalized spacial score (nSPS) is 11.0. The standard InChI is InChI=1S/C14H23ClN2O/c1-11(2)17(7-8-18-4)14-6-5-12(10-16-3)9-13(14)15/h5-6,9,11,16H,7-8,10H2,1-4H3. The van der Waals surface area contributed by atoms with Crippen molar-refractivity contribution in [1.29, 1.82) is 0 Å². The second-order valence-corrected chi connectivity index (χ2v) is 5.00. The van der Waals surface area contributed by atoms with Crippen LogP contribution < -0.4 is 10.2 Å². The Bertz CT molecular complexity index is 369. The summed E-state index contributed by atoms with van der Waals surface area (Å²) in [4.78, 5) is 2.26. The van der Waals surface area contributed by atoms with Gasteiger partial charge < -0.3 is 15.0 Å². The first kappa shape index (κ1) is 15.3. The van der Waals surface area contributed by atoms with Crippen LogP contribution in [-0.2, 0) is 11.3 Å². The van der Waals surface area contributed by atoms with Gasteiger partial charge in [-0.1, -0.05) is 17.7 Å². The quantitative estimate of drug-likeness (QED) is 0.825. The highest BCUT2D eigenvalue weighted by Gasteiger charge is 2.13. The molecule has 0 bridgehead atoms. The van der Waals surface area contributed by atoms with Crippen LogP contribution in [0.4, 0.5) is 5.69 Å². The molecule has 3 nitrogen and oxygen atoms in total. The Morgan fingerprint density at radius 1 is 1.39 bits per heavy atom. The van der Waals surface area contributed by atoms with Crippen LogP contribution in [0.25, 0.3) is 0 Å². The molecule has 1 aromatic rings. The number of anilines is 1. The molecular weight excluding hydrogens is 248 g/mol. The molecule has 0 fully saturated rings. The van der Waals surface area contributed by atoms with Crippen LogP contribution in [0.15, 0.2) is 18.2 Å². The maximum absolute atomic E-state index is 6.37. The van der Waals surface area contributed by atoms with Gasteiger partial charge in [-0.05, 0) is 38.6 Å². The van der Waals surface area contributed by atoms with E-state index in [9.17, 15) is 0 Å². The number of rotatable bonds is 7. The zero-order chi connectivity index (χ0) is 13.5. The average molecular weight is 271 g/mol. The zero-order valence-electron chi connectivity index (χ0n) is 11.7. The van der Waals surface area contributed by atoms with Gasteiger partial charge in [0.25, 0.3) is 0 Å². The molecule has 0 aromatic heterocycles. The molecule has 0 unspecified atom stereocenters. The van der Waals surface area contributed by atoms with Crippen molar-refractivity contribution in [3.05, 3.63) is 28.8 Å². The highest BCUT2D eigenvalue weighted by Crippen LogP contribution is 2.28. The van der Waals surface area contributed by atoms with Gasteiger partial charge in [0.15, 0.2) is 0 Å². The van der Waals surface area contributed by atoms with Crippen molar-refractivity contribution in [2.75, 3.05) is 32.2 Å². The second kappa shape index (κ2) is 7.62. The minimum atomic E-state index is 0.396. The third kappa shape index (κ3) is 4.16. The highest BCUT2D eigenvalue weighted by atomic mass is 35.5. The molecule has 0 spiro atoms. The number of hydrogen-bond donors (Lipinski definition) is 1. The number of halogens is 1. The van der Waals surface area contributed by atoms with Gasteiger partial charge in [-0.2, -0.15) is 0 Å². The smallest absolute Gasteiger partial charge is 0.0642 e. The maximum Gasteiger partial charge on any atom is 0.0642 e. The maximum atomic E-state index is 6.37. The van der Waals surface area contributed by atoms with Crippen molar-refractivity contribution in [2.24, 2.45) is 0 Å². The fraction of sp³-hybridized carbons (Fsp3) is 0.571. The first-order valence-electron chi connectivity index (χ1n) is 6.28. The number of nitrogens with one attached hydrogen (secondary N) is 1. The summed E-state index contributed by atoms with van der Waals surface area (Å²) in [6.45, 7) is 6.70. The number of methoxy groups -OCH3 is 1. The molecule has 1 aromatic carbocycles. The van der Waals surface area contributed by atoms with Gasteiger partial charge in [-0.25, -0.2) is 0 Å². The second-order valence-electron chi connectivity index (χ2n) is 4.60. The summed E-state index contributed by atoms with van der Waals surface area (Å²) in [5, 5.41) is 3.92. The molecule has 0 aliphatic carbocycles. The summed E-state index contributed by atoms with van der Waals surface area (Å²) in [6.07, 6.45) is 0. The lowest BCUT2D eigenvalue weighted by atomic mass is 10.1. The molecule has 1 N–H and O–H groups in total. The largest absolute Gasteiger partial charge is 0.383 e. The Morgan fingerprint density at radius 3 is 2.61 bits per heavy atom. The van der Waals surface area contributed by atoms with Gasteiger partial charge >= 0.3 is 0 Å². The molecular formula is C14H23ClN2O. The Morgan fingerprint density at radius 2 is 2.11 bits per heavy atom. The Kier molecular flexibility index (Phi) is 6.47. The van der Waals surface area contributed by atoms with Crippen LogP contribution >= 0.6 is 11.6 Å². The van der Waals surface area contributed by atoms with E-state index in [0.29, 0.717) is 12.6 Å². The first-order valence-corrected chi connectivity index (χ1v) is 6.66. The SMILES string of the molecule is CNCc1ccc(N(CCOC)C(C)C)c(Cl)c1. The van der Waals surface area contributed by atoms with Gasteiger partial charge in [0.1, 0.15) is 0 Å². The predicted molar refractivity (Wildman–Crippen MR) is 78.6 cm³/mol. The summed E-state index contributed by atoms with van der Waals surface area (Å²) < 4.78 is 5.15. The molecule has 0 radical (unpaired) electrons. The van der Waals surface area contributed by atoms with Gasteiger partial charge in [0.2, 0.25) is 0 Å². The van der Waals surface area contributed by atoms with Crippen LogP contribution in [0.5, 0.6) is 0 Å². The molecule has 102 valence electrons. The van der Waals surface area contributed by atoms with E-state index in [4.69, 9.17) is 16.3 Å². The molecule has 0 saturated heterocycles.